The molecule has 0 aliphatic carbocycles. The molecule has 2 unspecified atom stereocenters. The van der Waals surface area contributed by atoms with Crippen molar-refractivity contribution in [3.05, 3.63) is 75.4 Å². The lowest BCUT2D eigenvalue weighted by atomic mass is 9.84. The summed E-state index contributed by atoms with van der Waals surface area (Å²) in [5.41, 5.74) is 4.70. The van der Waals surface area contributed by atoms with Crippen LogP contribution >= 0.6 is 0 Å². The highest BCUT2D eigenvalue weighted by Crippen LogP contribution is 2.47. The van der Waals surface area contributed by atoms with Gasteiger partial charge in [-0.25, -0.2) is 4.79 Å². The van der Waals surface area contributed by atoms with Crippen molar-refractivity contribution < 1.29 is 29.6 Å². The number of hydrogen-bond donors (Lipinski definition) is 3. The van der Waals surface area contributed by atoms with E-state index in [0.29, 0.717) is 40.1 Å². The standard InChI is InChI=1S/C31H37NO6/c1-18(2)8-6-9-19(3)10-7-13-31(5)27(34)16-23-26(33)15-22-24(28(23)38-31)17-32(29(22)35)25-12-11-21(30(36)37)14-20(25)4/h8,10-12,14-15,27,33-34H,6-7,9,13,16-17H2,1-5H3,(H,36,37). The molecule has 2 aliphatic heterocycles. The molecule has 1 amide bonds. The second kappa shape index (κ2) is 10.7. The number of allylic oxidation sites excluding steroid dienone is 4. The van der Waals surface area contributed by atoms with Crippen molar-refractivity contribution in [3.8, 4) is 11.5 Å². The van der Waals surface area contributed by atoms with Crippen molar-refractivity contribution in [2.75, 3.05) is 4.90 Å². The van der Waals surface area contributed by atoms with Gasteiger partial charge in [0, 0.05) is 23.2 Å². The maximum absolute atomic E-state index is 13.4. The van der Waals surface area contributed by atoms with Crippen molar-refractivity contribution in [1.82, 2.24) is 0 Å². The Morgan fingerprint density at radius 1 is 1.16 bits per heavy atom. The van der Waals surface area contributed by atoms with Gasteiger partial charge in [0.2, 0.25) is 0 Å². The number of aryl methyl sites for hydroxylation is 1. The molecule has 7 heteroatoms. The zero-order chi connectivity index (χ0) is 27.8. The van der Waals surface area contributed by atoms with Crippen molar-refractivity contribution >= 4 is 17.6 Å². The fourth-order valence-corrected chi connectivity index (χ4v) is 5.29. The Hall–Kier alpha value is -3.58. The van der Waals surface area contributed by atoms with Crippen LogP contribution in [0, 0.1) is 6.92 Å². The smallest absolute Gasteiger partial charge is 0.335 e. The molecule has 2 atom stereocenters. The third kappa shape index (κ3) is 5.34. The van der Waals surface area contributed by atoms with Crippen molar-refractivity contribution in [2.24, 2.45) is 0 Å². The minimum Gasteiger partial charge on any atom is -0.508 e. The van der Waals surface area contributed by atoms with Crippen LogP contribution in [0.1, 0.15) is 90.8 Å². The number of aromatic hydroxyl groups is 1. The van der Waals surface area contributed by atoms with E-state index in [1.807, 2.05) is 6.92 Å². The van der Waals surface area contributed by atoms with Gasteiger partial charge in [0.1, 0.15) is 17.1 Å². The first-order valence-corrected chi connectivity index (χ1v) is 13.1. The van der Waals surface area contributed by atoms with Gasteiger partial charge in [-0.15, -0.1) is 0 Å². The molecule has 3 N–H and O–H groups in total. The number of ether oxygens (including phenoxy) is 1. The highest BCUT2D eigenvalue weighted by Gasteiger charge is 2.44. The highest BCUT2D eigenvalue weighted by atomic mass is 16.5. The molecule has 0 aromatic heterocycles. The number of benzene rings is 2. The Kier molecular flexibility index (Phi) is 7.70. The lowest BCUT2D eigenvalue weighted by Crippen LogP contribution is -2.49. The molecule has 0 radical (unpaired) electrons. The molecule has 2 aromatic carbocycles. The van der Waals surface area contributed by atoms with Crippen molar-refractivity contribution in [3.63, 3.8) is 0 Å². The van der Waals surface area contributed by atoms with E-state index in [2.05, 4.69) is 32.9 Å². The quantitative estimate of drug-likeness (QED) is 0.365. The normalized spacial score (nSPS) is 20.6. The number of hydrogen-bond acceptors (Lipinski definition) is 5. The molecule has 7 nitrogen and oxygen atoms in total. The van der Waals surface area contributed by atoms with E-state index in [0.717, 1.165) is 19.3 Å². The minimum atomic E-state index is -1.03. The summed E-state index contributed by atoms with van der Waals surface area (Å²) < 4.78 is 6.46. The molecule has 2 aromatic rings. The average Bonchev–Trinajstić information content (AvgIpc) is 3.16. The van der Waals surface area contributed by atoms with E-state index in [9.17, 15) is 24.9 Å². The number of phenols is 1. The molecule has 202 valence electrons. The number of amides is 1. The van der Waals surface area contributed by atoms with Crippen LogP contribution < -0.4 is 9.64 Å². The summed E-state index contributed by atoms with van der Waals surface area (Å²) in [4.78, 5) is 26.3. The zero-order valence-corrected chi connectivity index (χ0v) is 22.8. The first-order chi connectivity index (χ1) is 17.9. The number of aliphatic hydroxyl groups excluding tert-OH is 1. The fourth-order valence-electron chi connectivity index (χ4n) is 5.29. The van der Waals surface area contributed by atoms with Gasteiger partial charge in [-0.05, 0) is 90.1 Å². The number of carbonyl (C=O) groups excluding carboxylic acids is 1. The molecule has 0 fully saturated rings. The first-order valence-electron chi connectivity index (χ1n) is 13.1. The second-order valence-corrected chi connectivity index (χ2v) is 11.0. The maximum Gasteiger partial charge on any atom is 0.335 e. The van der Waals surface area contributed by atoms with E-state index in [1.54, 1.807) is 24.0 Å². The van der Waals surface area contributed by atoms with Crippen molar-refractivity contribution in [2.45, 2.75) is 85.0 Å². The summed E-state index contributed by atoms with van der Waals surface area (Å²) in [5.74, 6) is -0.912. The summed E-state index contributed by atoms with van der Waals surface area (Å²) in [5, 5.41) is 31.1. The summed E-state index contributed by atoms with van der Waals surface area (Å²) in [7, 11) is 0. The summed E-state index contributed by atoms with van der Waals surface area (Å²) >= 11 is 0. The van der Waals surface area contributed by atoms with E-state index >= 15 is 0 Å². The van der Waals surface area contributed by atoms with Gasteiger partial charge in [-0.3, -0.25) is 4.79 Å². The van der Waals surface area contributed by atoms with E-state index in [-0.39, 0.29) is 30.2 Å². The Bertz CT molecular complexity index is 1340. The lowest BCUT2D eigenvalue weighted by molar-refractivity contribution is -0.0597. The number of carboxylic acid groups (broad SMARTS) is 1. The fraction of sp³-hybridized carbons (Fsp3) is 0.419. The Balaban J connectivity index is 1.58. The van der Waals surface area contributed by atoms with Crippen LogP contribution in [0.3, 0.4) is 0 Å². The number of nitrogens with zero attached hydrogens (tertiary/aromatic N) is 1. The molecular formula is C31H37NO6. The van der Waals surface area contributed by atoms with Crippen LogP contribution in [0.4, 0.5) is 5.69 Å². The second-order valence-electron chi connectivity index (χ2n) is 11.0. The number of fused-ring (bicyclic) bond motifs is 3. The van der Waals surface area contributed by atoms with Gasteiger partial charge in [-0.2, -0.15) is 0 Å². The van der Waals surface area contributed by atoms with Gasteiger partial charge in [0.15, 0.2) is 0 Å². The third-order valence-electron chi connectivity index (χ3n) is 7.65. The Morgan fingerprint density at radius 3 is 2.55 bits per heavy atom. The van der Waals surface area contributed by atoms with Crippen molar-refractivity contribution in [1.29, 1.82) is 0 Å². The number of aromatic carboxylic acids is 1. The average molecular weight is 520 g/mol. The van der Waals surface area contributed by atoms with Crippen LogP contribution in [-0.4, -0.2) is 38.9 Å². The molecule has 38 heavy (non-hydrogen) atoms. The largest absolute Gasteiger partial charge is 0.508 e. The first kappa shape index (κ1) is 27.5. The molecular weight excluding hydrogens is 482 g/mol. The zero-order valence-electron chi connectivity index (χ0n) is 22.8. The van der Waals surface area contributed by atoms with Crippen LogP contribution in [0.15, 0.2) is 47.6 Å². The molecule has 2 aliphatic rings. The Morgan fingerprint density at radius 2 is 1.89 bits per heavy atom. The number of phenolic OH excluding ortho intramolecular Hbond substituents is 1. The molecule has 0 spiro atoms. The van der Waals surface area contributed by atoms with Crippen LogP contribution in [0.2, 0.25) is 0 Å². The topological polar surface area (TPSA) is 107 Å². The molecule has 0 saturated heterocycles. The number of carboxylic acids is 1. The van der Waals surface area contributed by atoms with Crippen LogP contribution in [-0.2, 0) is 13.0 Å². The number of rotatable bonds is 8. The predicted molar refractivity (Wildman–Crippen MR) is 147 cm³/mol. The summed E-state index contributed by atoms with van der Waals surface area (Å²) in [6, 6.07) is 6.11. The Labute approximate surface area is 224 Å². The molecule has 2 heterocycles. The van der Waals surface area contributed by atoms with E-state index < -0.39 is 17.7 Å². The number of aliphatic hydroxyl groups is 1. The maximum atomic E-state index is 13.4. The monoisotopic (exact) mass is 519 g/mol. The SMILES string of the molecule is CC(C)=CCCC(C)=CCCC1(C)Oc2c(c(O)cc3c2CN(c2ccc(C(=O)O)cc2C)C3=O)CC1O. The summed E-state index contributed by atoms with van der Waals surface area (Å²) in [6.45, 7) is 10.2. The summed E-state index contributed by atoms with van der Waals surface area (Å²) in [6.07, 6.45) is 7.16. The van der Waals surface area contributed by atoms with Gasteiger partial charge >= 0.3 is 5.97 Å². The van der Waals surface area contributed by atoms with Crippen LogP contribution in [0.5, 0.6) is 11.5 Å². The third-order valence-corrected chi connectivity index (χ3v) is 7.65. The van der Waals surface area contributed by atoms with E-state index in [4.69, 9.17) is 4.74 Å². The molecule has 0 bridgehead atoms. The van der Waals surface area contributed by atoms with Gasteiger partial charge < -0.3 is 25.0 Å². The van der Waals surface area contributed by atoms with Crippen LogP contribution in [0.25, 0.3) is 0 Å². The highest BCUT2D eigenvalue weighted by molar-refractivity contribution is 6.11. The van der Waals surface area contributed by atoms with Gasteiger partial charge in [0.25, 0.3) is 5.91 Å². The minimum absolute atomic E-state index is 0.0667. The predicted octanol–water partition coefficient (Wildman–Crippen LogP) is 6.09. The molecule has 4 rings (SSSR count). The number of carbonyl (C=O) groups is 2. The number of anilines is 1. The van der Waals surface area contributed by atoms with Gasteiger partial charge in [0.05, 0.1) is 23.8 Å². The molecule has 0 saturated carbocycles. The lowest BCUT2D eigenvalue weighted by Gasteiger charge is -2.40. The van der Waals surface area contributed by atoms with Gasteiger partial charge in [-0.1, -0.05) is 23.3 Å². The van der Waals surface area contributed by atoms with E-state index in [1.165, 1.54) is 23.3 Å².